The highest BCUT2D eigenvalue weighted by atomic mass is 127. The number of aryl methyl sites for hydroxylation is 1. The van der Waals surface area contributed by atoms with Crippen molar-refractivity contribution in [1.29, 1.82) is 0 Å². The molecule has 2 rings (SSSR count). The number of aliphatic imine (C=N–C) groups is 1. The molecule has 1 atom stereocenters. The molecule has 0 saturated carbocycles. The first-order chi connectivity index (χ1) is 12.5. The first kappa shape index (κ1) is 23.8. The zero-order valence-corrected chi connectivity index (χ0v) is 19.3. The highest BCUT2D eigenvalue weighted by Gasteiger charge is 2.25. The number of guanidine groups is 1. The predicted octanol–water partition coefficient (Wildman–Crippen LogP) is 3.21. The van der Waals surface area contributed by atoms with Crippen LogP contribution in [0.25, 0.3) is 0 Å². The Bertz CT molecular complexity index is 642. The summed E-state index contributed by atoms with van der Waals surface area (Å²) in [6.45, 7) is 6.82. The van der Waals surface area contributed by atoms with Crippen LogP contribution in [0.4, 0.5) is 0 Å². The number of hydrogen-bond donors (Lipinski definition) is 2. The van der Waals surface area contributed by atoms with Gasteiger partial charge in [0.15, 0.2) is 5.96 Å². The van der Waals surface area contributed by atoms with Crippen molar-refractivity contribution >= 4 is 47.4 Å². The van der Waals surface area contributed by atoms with Gasteiger partial charge < -0.3 is 20.3 Å². The predicted molar refractivity (Wildman–Crippen MR) is 121 cm³/mol. The van der Waals surface area contributed by atoms with Crippen LogP contribution in [0.15, 0.2) is 23.2 Å². The van der Waals surface area contributed by atoms with E-state index in [1.165, 1.54) is 0 Å². The molecule has 0 spiro atoms. The minimum Gasteiger partial charge on any atom is -0.493 e. The van der Waals surface area contributed by atoms with E-state index >= 15 is 0 Å². The molecule has 6 nitrogen and oxygen atoms in total. The van der Waals surface area contributed by atoms with Gasteiger partial charge in [0.05, 0.1) is 6.61 Å². The minimum atomic E-state index is 0. The number of nitrogens with one attached hydrogen (secondary N) is 2. The number of rotatable bonds is 7. The third kappa shape index (κ3) is 7.73. The average Bonchev–Trinajstić information content (AvgIpc) is 3.09. The Hall–Kier alpha value is -1.22. The molecule has 1 unspecified atom stereocenters. The van der Waals surface area contributed by atoms with Crippen molar-refractivity contribution in [3.63, 3.8) is 0 Å². The molecule has 152 valence electrons. The fourth-order valence-electron chi connectivity index (χ4n) is 2.95. The quantitative estimate of drug-likeness (QED) is 0.257. The van der Waals surface area contributed by atoms with E-state index < -0.39 is 0 Å². The van der Waals surface area contributed by atoms with Gasteiger partial charge in [-0.05, 0) is 43.5 Å². The van der Waals surface area contributed by atoms with Gasteiger partial charge >= 0.3 is 0 Å². The minimum absolute atomic E-state index is 0. The first-order valence-electron chi connectivity index (χ1n) is 9.17. The van der Waals surface area contributed by atoms with E-state index in [1.54, 1.807) is 7.05 Å². The van der Waals surface area contributed by atoms with E-state index in [9.17, 15) is 4.79 Å². The summed E-state index contributed by atoms with van der Waals surface area (Å²) in [5.41, 5.74) is 1.04. The zero-order valence-electron chi connectivity index (χ0n) is 16.3. The van der Waals surface area contributed by atoms with Crippen LogP contribution in [0.3, 0.4) is 0 Å². The van der Waals surface area contributed by atoms with E-state index in [-0.39, 0.29) is 35.9 Å². The van der Waals surface area contributed by atoms with Gasteiger partial charge in [0.2, 0.25) is 5.91 Å². The lowest BCUT2D eigenvalue weighted by atomic mass is 10.2. The molecule has 1 aliphatic rings. The summed E-state index contributed by atoms with van der Waals surface area (Å²) in [7, 11) is 1.76. The molecule has 1 fully saturated rings. The third-order valence-electron chi connectivity index (χ3n) is 4.42. The van der Waals surface area contributed by atoms with Crippen molar-refractivity contribution in [3.8, 4) is 5.75 Å². The molecule has 1 aromatic carbocycles. The Morgan fingerprint density at radius 2 is 2.22 bits per heavy atom. The van der Waals surface area contributed by atoms with Crippen molar-refractivity contribution in [3.05, 3.63) is 28.8 Å². The first-order valence-corrected chi connectivity index (χ1v) is 9.55. The Balaban J connectivity index is 0.00000364. The topological polar surface area (TPSA) is 66.0 Å². The highest BCUT2D eigenvalue weighted by Crippen LogP contribution is 2.21. The summed E-state index contributed by atoms with van der Waals surface area (Å²) in [4.78, 5) is 17.9. The summed E-state index contributed by atoms with van der Waals surface area (Å²) in [5, 5.41) is 7.41. The van der Waals surface area contributed by atoms with E-state index in [0.717, 1.165) is 54.8 Å². The van der Waals surface area contributed by atoms with Gasteiger partial charge in [-0.1, -0.05) is 18.5 Å². The van der Waals surface area contributed by atoms with Gasteiger partial charge in [0.1, 0.15) is 5.75 Å². The molecule has 1 aliphatic heterocycles. The van der Waals surface area contributed by atoms with Crippen LogP contribution in [0.2, 0.25) is 5.02 Å². The lowest BCUT2D eigenvalue weighted by Crippen LogP contribution is -2.45. The molecule has 0 aromatic heterocycles. The van der Waals surface area contributed by atoms with Crippen molar-refractivity contribution < 1.29 is 9.53 Å². The number of likely N-dealkylation sites (tertiary alicyclic amines) is 1. The van der Waals surface area contributed by atoms with Crippen molar-refractivity contribution in [1.82, 2.24) is 15.5 Å². The normalized spacial score (nSPS) is 16.7. The molecule has 0 bridgehead atoms. The maximum absolute atomic E-state index is 11.7. The summed E-state index contributed by atoms with van der Waals surface area (Å²) in [6, 6.07) is 5.89. The zero-order chi connectivity index (χ0) is 18.9. The number of carbonyl (C=O) groups is 1. The third-order valence-corrected chi connectivity index (χ3v) is 4.65. The molecule has 1 saturated heterocycles. The Morgan fingerprint density at radius 1 is 1.44 bits per heavy atom. The fraction of sp³-hybridized carbons (Fsp3) is 0.579. The summed E-state index contributed by atoms with van der Waals surface area (Å²) in [6.07, 6.45) is 2.37. The molecular weight excluding hydrogens is 479 g/mol. The summed E-state index contributed by atoms with van der Waals surface area (Å²) in [5.74, 6) is 1.85. The SMILES string of the molecule is CCC(=O)N1CCC(NC(=NC)NCCCOc2ccc(Cl)cc2C)C1.I. The van der Waals surface area contributed by atoms with Gasteiger partial charge in [0, 0.05) is 44.2 Å². The van der Waals surface area contributed by atoms with Crippen LogP contribution in [-0.4, -0.2) is 56.1 Å². The van der Waals surface area contributed by atoms with Crippen LogP contribution in [0.5, 0.6) is 5.75 Å². The number of carbonyl (C=O) groups excluding carboxylic acids is 1. The van der Waals surface area contributed by atoms with Crippen LogP contribution < -0.4 is 15.4 Å². The maximum atomic E-state index is 11.7. The van der Waals surface area contributed by atoms with Crippen LogP contribution in [0.1, 0.15) is 31.7 Å². The Kier molecular flexibility index (Phi) is 10.8. The van der Waals surface area contributed by atoms with E-state index in [4.69, 9.17) is 16.3 Å². The molecule has 27 heavy (non-hydrogen) atoms. The van der Waals surface area contributed by atoms with E-state index in [1.807, 2.05) is 36.9 Å². The molecule has 1 aromatic rings. The smallest absolute Gasteiger partial charge is 0.222 e. The van der Waals surface area contributed by atoms with Gasteiger partial charge in [-0.2, -0.15) is 0 Å². The Labute approximate surface area is 184 Å². The van der Waals surface area contributed by atoms with E-state index in [0.29, 0.717) is 13.0 Å². The molecule has 2 N–H and O–H groups in total. The molecular formula is C19H30ClIN4O2. The molecule has 0 aliphatic carbocycles. The molecule has 1 heterocycles. The largest absolute Gasteiger partial charge is 0.493 e. The number of halogens is 2. The summed E-state index contributed by atoms with van der Waals surface area (Å²) < 4.78 is 5.79. The lowest BCUT2D eigenvalue weighted by molar-refractivity contribution is -0.129. The monoisotopic (exact) mass is 508 g/mol. The van der Waals surface area contributed by atoms with Crippen molar-refractivity contribution in [2.24, 2.45) is 4.99 Å². The summed E-state index contributed by atoms with van der Waals surface area (Å²) >= 11 is 5.95. The Morgan fingerprint density at radius 3 is 2.89 bits per heavy atom. The highest BCUT2D eigenvalue weighted by molar-refractivity contribution is 14.0. The fourth-order valence-corrected chi connectivity index (χ4v) is 3.18. The van der Waals surface area contributed by atoms with Gasteiger partial charge in [-0.3, -0.25) is 9.79 Å². The molecule has 8 heteroatoms. The maximum Gasteiger partial charge on any atom is 0.222 e. The van der Waals surface area contributed by atoms with Gasteiger partial charge in [0.25, 0.3) is 0 Å². The van der Waals surface area contributed by atoms with Gasteiger partial charge in [-0.15, -0.1) is 24.0 Å². The van der Waals surface area contributed by atoms with Crippen LogP contribution >= 0.6 is 35.6 Å². The second-order valence-electron chi connectivity index (χ2n) is 6.43. The van der Waals surface area contributed by atoms with Gasteiger partial charge in [-0.25, -0.2) is 0 Å². The van der Waals surface area contributed by atoms with Crippen LogP contribution in [0, 0.1) is 6.92 Å². The second-order valence-corrected chi connectivity index (χ2v) is 6.87. The number of ether oxygens (including phenoxy) is 1. The number of hydrogen-bond acceptors (Lipinski definition) is 3. The molecule has 1 amide bonds. The standard InChI is InChI=1S/C19H29ClN4O2.HI/c1-4-18(25)24-10-8-16(13-24)23-19(21-3)22-9-5-11-26-17-7-6-15(20)12-14(17)2;/h6-7,12,16H,4-5,8-11,13H2,1-3H3,(H2,21,22,23);1H. The number of benzene rings is 1. The molecule has 0 radical (unpaired) electrons. The van der Waals surface area contributed by atoms with Crippen LogP contribution in [-0.2, 0) is 4.79 Å². The number of nitrogens with zero attached hydrogens (tertiary/aromatic N) is 2. The average molecular weight is 509 g/mol. The number of amides is 1. The van der Waals surface area contributed by atoms with Crippen molar-refractivity contribution in [2.45, 2.75) is 39.2 Å². The van der Waals surface area contributed by atoms with E-state index in [2.05, 4.69) is 15.6 Å². The second kappa shape index (κ2) is 12.3. The lowest BCUT2D eigenvalue weighted by Gasteiger charge is -2.18. The van der Waals surface area contributed by atoms with Crippen molar-refractivity contribution in [2.75, 3.05) is 33.3 Å².